The molecule has 1 atom stereocenters. The zero-order valence-corrected chi connectivity index (χ0v) is 22.3. The average Bonchev–Trinajstić information content (AvgIpc) is 3.25. The highest BCUT2D eigenvalue weighted by atomic mass is 35.5. The first kappa shape index (κ1) is 24.8. The smallest absolute Gasteiger partial charge is 0.296 e. The van der Waals surface area contributed by atoms with E-state index >= 15 is 0 Å². The molecule has 0 saturated carbocycles. The highest BCUT2D eigenvalue weighted by Gasteiger charge is 2.25. The van der Waals surface area contributed by atoms with Crippen molar-refractivity contribution in [1.82, 2.24) is 19.7 Å². The van der Waals surface area contributed by atoms with Gasteiger partial charge in [0.25, 0.3) is 11.5 Å². The van der Waals surface area contributed by atoms with E-state index in [1.54, 1.807) is 29.8 Å². The van der Waals surface area contributed by atoms with Gasteiger partial charge in [-0.3, -0.25) is 9.59 Å². The molecular formula is C29H25ClN4O5. The van der Waals surface area contributed by atoms with E-state index in [0.29, 0.717) is 52.1 Å². The van der Waals surface area contributed by atoms with Crippen LogP contribution < -0.4 is 25.1 Å². The number of aryl methyl sites for hydroxylation is 1. The monoisotopic (exact) mass is 544 g/mol. The lowest BCUT2D eigenvalue weighted by molar-refractivity contribution is 0.0935. The van der Waals surface area contributed by atoms with E-state index in [0.717, 1.165) is 16.5 Å². The second kappa shape index (κ2) is 9.67. The van der Waals surface area contributed by atoms with Gasteiger partial charge in [0.1, 0.15) is 24.5 Å². The van der Waals surface area contributed by atoms with E-state index < -0.39 is 5.91 Å². The second-order valence-corrected chi connectivity index (χ2v) is 9.69. The van der Waals surface area contributed by atoms with E-state index in [1.165, 1.54) is 11.8 Å². The third-order valence-corrected chi connectivity index (χ3v) is 7.24. The molecule has 1 aliphatic rings. The maximum Gasteiger partial charge on any atom is 0.296 e. The molecule has 0 spiro atoms. The van der Waals surface area contributed by atoms with Crippen molar-refractivity contribution >= 4 is 39.3 Å². The Morgan fingerprint density at radius 2 is 1.85 bits per heavy atom. The van der Waals surface area contributed by atoms with Gasteiger partial charge in [0, 0.05) is 23.3 Å². The maximum atomic E-state index is 13.8. The van der Waals surface area contributed by atoms with Crippen molar-refractivity contribution in [1.29, 1.82) is 0 Å². The fourth-order valence-corrected chi connectivity index (χ4v) is 5.23. The summed E-state index contributed by atoms with van der Waals surface area (Å²) in [6.07, 6.45) is 0. The number of hydrogen-bond donors (Lipinski definition) is 1. The van der Waals surface area contributed by atoms with Crippen molar-refractivity contribution < 1.29 is 19.0 Å². The van der Waals surface area contributed by atoms with Crippen LogP contribution in [0.1, 0.15) is 29.0 Å². The molecule has 0 saturated heterocycles. The fourth-order valence-electron chi connectivity index (χ4n) is 4.98. The summed E-state index contributed by atoms with van der Waals surface area (Å²) in [6.45, 7) is 2.85. The Labute approximate surface area is 228 Å². The minimum Gasteiger partial charge on any atom is -0.495 e. The second-order valence-electron chi connectivity index (χ2n) is 9.28. The van der Waals surface area contributed by atoms with Crippen LogP contribution in [0.2, 0.25) is 5.02 Å². The molecule has 1 amide bonds. The average molecular weight is 545 g/mol. The molecule has 3 heterocycles. The number of amides is 1. The summed E-state index contributed by atoms with van der Waals surface area (Å²) in [4.78, 5) is 27.6. The van der Waals surface area contributed by atoms with Crippen molar-refractivity contribution in [3.63, 3.8) is 0 Å². The van der Waals surface area contributed by atoms with Gasteiger partial charge >= 0.3 is 0 Å². The summed E-state index contributed by atoms with van der Waals surface area (Å²) in [5.41, 5.74) is 2.17. The number of para-hydroxylation sites is 1. The summed E-state index contributed by atoms with van der Waals surface area (Å²) in [5, 5.41) is 9.19. The molecule has 0 unspecified atom stereocenters. The Hall–Kier alpha value is -4.50. The Balaban J connectivity index is 1.49. The Morgan fingerprint density at radius 1 is 1.08 bits per heavy atom. The van der Waals surface area contributed by atoms with Crippen molar-refractivity contribution in [3.05, 3.63) is 87.3 Å². The number of nitrogens with one attached hydrogen (secondary N) is 1. The van der Waals surface area contributed by atoms with Crippen LogP contribution >= 0.6 is 11.6 Å². The van der Waals surface area contributed by atoms with Crippen LogP contribution in [0.25, 0.3) is 27.5 Å². The van der Waals surface area contributed by atoms with Crippen LogP contribution in [0.4, 0.5) is 0 Å². The molecular weight excluding hydrogens is 520 g/mol. The topological polar surface area (TPSA) is 96.6 Å². The quantitative estimate of drug-likeness (QED) is 0.341. The van der Waals surface area contributed by atoms with Crippen molar-refractivity contribution in [3.8, 4) is 22.9 Å². The van der Waals surface area contributed by atoms with Gasteiger partial charge in [-0.25, -0.2) is 0 Å². The molecule has 0 aliphatic carbocycles. The van der Waals surface area contributed by atoms with Crippen LogP contribution in [0, 0.1) is 0 Å². The van der Waals surface area contributed by atoms with Gasteiger partial charge in [-0.2, -0.15) is 9.78 Å². The van der Waals surface area contributed by atoms with Gasteiger partial charge in [0.05, 0.1) is 23.9 Å². The van der Waals surface area contributed by atoms with Gasteiger partial charge < -0.3 is 24.1 Å². The number of carbonyl (C=O) groups is 1. The number of halogens is 1. The number of aromatic nitrogens is 3. The van der Waals surface area contributed by atoms with Gasteiger partial charge in [-0.1, -0.05) is 35.9 Å². The predicted octanol–water partition coefficient (Wildman–Crippen LogP) is 4.80. The van der Waals surface area contributed by atoms with E-state index in [4.69, 9.17) is 25.8 Å². The number of nitrogens with zero attached hydrogens (tertiary/aromatic N) is 3. The number of hydrogen-bond acceptors (Lipinski definition) is 6. The SMILES string of the molecule is COc1ccc(-n2nc(C(=O)N[C@H](C)c3ccc4c(c3)OCCO4)c3c4ccccc4n(C)c3c2=O)cc1Cl. The van der Waals surface area contributed by atoms with Crippen LogP contribution in [0.3, 0.4) is 0 Å². The van der Waals surface area contributed by atoms with Gasteiger partial charge in [0.2, 0.25) is 0 Å². The highest BCUT2D eigenvalue weighted by Crippen LogP contribution is 2.33. The number of fused-ring (bicyclic) bond motifs is 4. The zero-order chi connectivity index (χ0) is 27.3. The molecule has 0 fully saturated rings. The number of benzene rings is 3. The Morgan fingerprint density at radius 3 is 2.62 bits per heavy atom. The molecule has 3 aromatic carbocycles. The first-order valence-electron chi connectivity index (χ1n) is 12.4. The molecule has 6 rings (SSSR count). The molecule has 0 radical (unpaired) electrons. The summed E-state index contributed by atoms with van der Waals surface area (Å²) >= 11 is 6.36. The normalized spacial score (nSPS) is 13.4. The molecule has 198 valence electrons. The minimum atomic E-state index is -0.424. The molecule has 9 nitrogen and oxygen atoms in total. The molecule has 1 N–H and O–H groups in total. The van der Waals surface area contributed by atoms with E-state index in [9.17, 15) is 9.59 Å². The Bertz CT molecular complexity index is 1830. The largest absolute Gasteiger partial charge is 0.495 e. The molecule has 2 aromatic heterocycles. The highest BCUT2D eigenvalue weighted by molar-refractivity contribution is 6.32. The third-order valence-electron chi connectivity index (χ3n) is 6.95. The van der Waals surface area contributed by atoms with Crippen LogP contribution in [-0.4, -0.2) is 40.6 Å². The van der Waals surface area contributed by atoms with E-state index in [-0.39, 0.29) is 17.3 Å². The number of ether oxygens (including phenoxy) is 3. The summed E-state index contributed by atoms with van der Waals surface area (Å²) in [5.74, 6) is 1.35. The van der Waals surface area contributed by atoms with E-state index in [1.807, 2.05) is 49.4 Å². The van der Waals surface area contributed by atoms with Crippen molar-refractivity contribution in [2.75, 3.05) is 20.3 Å². The van der Waals surface area contributed by atoms with Crippen LogP contribution in [0.5, 0.6) is 17.2 Å². The molecule has 10 heteroatoms. The zero-order valence-electron chi connectivity index (χ0n) is 21.5. The minimum absolute atomic E-state index is 0.123. The van der Waals surface area contributed by atoms with Crippen molar-refractivity contribution in [2.45, 2.75) is 13.0 Å². The third kappa shape index (κ3) is 4.15. The standard InChI is InChI=1S/C29H25ClN4O5/c1-16(17-8-10-23-24(14-17)39-13-12-38-23)31-28(35)26-25-19-6-4-5-7-21(19)33(2)27(25)29(36)34(32-26)18-9-11-22(37-3)20(30)15-18/h4-11,14-16H,12-13H2,1-3H3,(H,31,35)/t16-/m1/s1. The molecule has 39 heavy (non-hydrogen) atoms. The maximum absolute atomic E-state index is 13.8. The first-order chi connectivity index (χ1) is 18.9. The number of methoxy groups -OCH3 is 1. The summed E-state index contributed by atoms with van der Waals surface area (Å²) in [6, 6.07) is 17.7. The van der Waals surface area contributed by atoms with Gasteiger partial charge in [-0.15, -0.1) is 0 Å². The molecule has 1 aliphatic heterocycles. The number of rotatable bonds is 5. The molecule has 0 bridgehead atoms. The van der Waals surface area contributed by atoms with Crippen LogP contribution in [-0.2, 0) is 7.05 Å². The lowest BCUT2D eigenvalue weighted by Crippen LogP contribution is -2.32. The Kier molecular flexibility index (Phi) is 6.15. The summed E-state index contributed by atoms with van der Waals surface area (Å²) < 4.78 is 19.6. The first-order valence-corrected chi connectivity index (χ1v) is 12.8. The number of carbonyl (C=O) groups excluding carboxylic acids is 1. The lowest BCUT2D eigenvalue weighted by atomic mass is 10.1. The lowest BCUT2D eigenvalue weighted by Gasteiger charge is -2.21. The molecule has 5 aromatic rings. The predicted molar refractivity (Wildman–Crippen MR) is 149 cm³/mol. The fraction of sp³-hybridized carbons (Fsp3) is 0.207. The van der Waals surface area contributed by atoms with E-state index in [2.05, 4.69) is 10.4 Å². The van der Waals surface area contributed by atoms with Gasteiger partial charge in [-0.05, 0) is 48.9 Å². The van der Waals surface area contributed by atoms with Gasteiger partial charge in [0.15, 0.2) is 17.2 Å². The summed E-state index contributed by atoms with van der Waals surface area (Å²) in [7, 11) is 3.31. The van der Waals surface area contributed by atoms with Crippen LogP contribution in [0.15, 0.2) is 65.5 Å². The van der Waals surface area contributed by atoms with Crippen molar-refractivity contribution in [2.24, 2.45) is 7.05 Å².